The van der Waals surface area contributed by atoms with Gasteiger partial charge in [0.05, 0.1) is 0 Å². The Morgan fingerprint density at radius 2 is 1.89 bits per heavy atom. The molecule has 1 unspecified atom stereocenters. The van der Waals surface area contributed by atoms with Gasteiger partial charge in [-0.25, -0.2) is 0 Å². The summed E-state index contributed by atoms with van der Waals surface area (Å²) in [6, 6.07) is 9.77. The standard InChI is InChI=1S/C17H28N2/c1-5-19-12-6-11-18-13-16(19)14-7-9-15(10-8-14)17(2,3)4/h7-10,16,18H,5-6,11-13H2,1-4H3. The summed E-state index contributed by atoms with van der Waals surface area (Å²) in [4.78, 5) is 2.59. The largest absolute Gasteiger partial charge is 0.315 e. The second-order valence-corrected chi connectivity index (χ2v) is 6.57. The van der Waals surface area contributed by atoms with E-state index in [9.17, 15) is 0 Å². The Labute approximate surface area is 118 Å². The van der Waals surface area contributed by atoms with Gasteiger partial charge in [-0.2, -0.15) is 0 Å². The van der Waals surface area contributed by atoms with Crippen molar-refractivity contribution in [1.29, 1.82) is 0 Å². The van der Waals surface area contributed by atoms with E-state index in [1.807, 2.05) is 0 Å². The molecule has 0 spiro atoms. The summed E-state index contributed by atoms with van der Waals surface area (Å²) in [6.07, 6.45) is 1.25. The van der Waals surface area contributed by atoms with Gasteiger partial charge < -0.3 is 5.32 Å². The Balaban J connectivity index is 2.19. The maximum absolute atomic E-state index is 3.56. The normalized spacial score (nSPS) is 22.2. The number of hydrogen-bond acceptors (Lipinski definition) is 2. The van der Waals surface area contributed by atoms with Gasteiger partial charge in [0.2, 0.25) is 0 Å². The lowest BCUT2D eigenvalue weighted by Gasteiger charge is -2.29. The summed E-state index contributed by atoms with van der Waals surface area (Å²) in [6.45, 7) is 13.6. The van der Waals surface area contributed by atoms with Crippen molar-refractivity contribution in [1.82, 2.24) is 10.2 Å². The predicted molar refractivity (Wildman–Crippen MR) is 82.6 cm³/mol. The number of rotatable bonds is 2. The molecule has 2 nitrogen and oxygen atoms in total. The van der Waals surface area contributed by atoms with Crippen LogP contribution in [0.3, 0.4) is 0 Å². The van der Waals surface area contributed by atoms with Crippen molar-refractivity contribution in [3.8, 4) is 0 Å². The van der Waals surface area contributed by atoms with Crippen LogP contribution in [0.4, 0.5) is 0 Å². The molecular weight excluding hydrogens is 232 g/mol. The summed E-state index contributed by atoms with van der Waals surface area (Å²) in [5.74, 6) is 0. The van der Waals surface area contributed by atoms with Crippen molar-refractivity contribution < 1.29 is 0 Å². The average Bonchev–Trinajstić information content (AvgIpc) is 2.62. The van der Waals surface area contributed by atoms with E-state index in [-0.39, 0.29) is 5.41 Å². The Kier molecular flexibility index (Phi) is 4.64. The first-order valence-corrected chi connectivity index (χ1v) is 7.57. The average molecular weight is 260 g/mol. The van der Waals surface area contributed by atoms with Gasteiger partial charge in [-0.05, 0) is 42.6 Å². The third-order valence-corrected chi connectivity index (χ3v) is 4.15. The fourth-order valence-electron chi connectivity index (χ4n) is 2.84. The van der Waals surface area contributed by atoms with Crippen molar-refractivity contribution in [3.05, 3.63) is 35.4 Å². The lowest BCUT2D eigenvalue weighted by molar-refractivity contribution is 0.222. The highest BCUT2D eigenvalue weighted by molar-refractivity contribution is 5.29. The highest BCUT2D eigenvalue weighted by atomic mass is 15.2. The summed E-state index contributed by atoms with van der Waals surface area (Å²) in [5.41, 5.74) is 3.11. The van der Waals surface area contributed by atoms with Crippen LogP contribution in [-0.2, 0) is 5.41 Å². The second-order valence-electron chi connectivity index (χ2n) is 6.57. The number of nitrogens with zero attached hydrogens (tertiary/aromatic N) is 1. The molecule has 0 radical (unpaired) electrons. The Morgan fingerprint density at radius 3 is 2.47 bits per heavy atom. The molecule has 0 amide bonds. The van der Waals surface area contributed by atoms with Crippen LogP contribution in [0.5, 0.6) is 0 Å². The summed E-state index contributed by atoms with van der Waals surface area (Å²) in [5, 5.41) is 3.56. The quantitative estimate of drug-likeness (QED) is 0.877. The lowest BCUT2D eigenvalue weighted by atomic mass is 9.86. The fraction of sp³-hybridized carbons (Fsp3) is 0.647. The summed E-state index contributed by atoms with van der Waals surface area (Å²) >= 11 is 0. The lowest BCUT2D eigenvalue weighted by Crippen LogP contribution is -2.32. The molecule has 1 N–H and O–H groups in total. The van der Waals surface area contributed by atoms with Crippen molar-refractivity contribution in [2.45, 2.75) is 45.6 Å². The third-order valence-electron chi connectivity index (χ3n) is 4.15. The molecular formula is C17H28N2. The molecule has 1 aromatic carbocycles. The van der Waals surface area contributed by atoms with Gasteiger partial charge in [0.15, 0.2) is 0 Å². The zero-order valence-corrected chi connectivity index (χ0v) is 12.9. The van der Waals surface area contributed by atoms with Gasteiger partial charge in [-0.15, -0.1) is 0 Å². The molecule has 106 valence electrons. The topological polar surface area (TPSA) is 15.3 Å². The first-order valence-electron chi connectivity index (χ1n) is 7.57. The van der Waals surface area contributed by atoms with E-state index in [1.165, 1.54) is 24.1 Å². The zero-order valence-electron chi connectivity index (χ0n) is 12.9. The Bertz CT molecular complexity index is 389. The van der Waals surface area contributed by atoms with Crippen LogP contribution in [-0.4, -0.2) is 31.1 Å². The first kappa shape index (κ1) is 14.5. The van der Waals surface area contributed by atoms with Gasteiger partial charge in [0, 0.05) is 12.6 Å². The van der Waals surface area contributed by atoms with Gasteiger partial charge >= 0.3 is 0 Å². The Hall–Kier alpha value is -0.860. The number of nitrogens with one attached hydrogen (secondary N) is 1. The molecule has 1 fully saturated rings. The van der Waals surface area contributed by atoms with Crippen LogP contribution in [0.25, 0.3) is 0 Å². The molecule has 1 aliphatic heterocycles. The van der Waals surface area contributed by atoms with Crippen LogP contribution in [0.2, 0.25) is 0 Å². The van der Waals surface area contributed by atoms with E-state index in [0.717, 1.165) is 19.6 Å². The minimum atomic E-state index is 0.241. The van der Waals surface area contributed by atoms with E-state index < -0.39 is 0 Å². The molecule has 0 aliphatic carbocycles. The van der Waals surface area contributed by atoms with Crippen LogP contribution in [0.1, 0.15) is 51.3 Å². The van der Waals surface area contributed by atoms with Crippen LogP contribution in [0, 0.1) is 0 Å². The van der Waals surface area contributed by atoms with Gasteiger partial charge in [0.1, 0.15) is 0 Å². The van der Waals surface area contributed by atoms with Gasteiger partial charge in [-0.1, -0.05) is 52.0 Å². The third kappa shape index (κ3) is 3.58. The molecule has 1 saturated heterocycles. The monoisotopic (exact) mass is 260 g/mol. The van der Waals surface area contributed by atoms with E-state index in [2.05, 4.69) is 62.2 Å². The SMILES string of the molecule is CCN1CCCNCC1c1ccc(C(C)(C)C)cc1. The maximum atomic E-state index is 3.56. The van der Waals surface area contributed by atoms with E-state index in [0.29, 0.717) is 6.04 Å². The predicted octanol–water partition coefficient (Wildman–Crippen LogP) is 3.34. The minimum absolute atomic E-state index is 0.241. The first-order chi connectivity index (χ1) is 9.02. The van der Waals surface area contributed by atoms with E-state index in [1.54, 1.807) is 0 Å². The van der Waals surface area contributed by atoms with Gasteiger partial charge in [-0.3, -0.25) is 4.90 Å². The van der Waals surface area contributed by atoms with Gasteiger partial charge in [0.25, 0.3) is 0 Å². The molecule has 2 heteroatoms. The van der Waals surface area contributed by atoms with Crippen LogP contribution in [0.15, 0.2) is 24.3 Å². The number of hydrogen-bond donors (Lipinski definition) is 1. The number of likely N-dealkylation sites (N-methyl/N-ethyl adjacent to an activating group) is 1. The summed E-state index contributed by atoms with van der Waals surface area (Å²) < 4.78 is 0. The molecule has 1 heterocycles. The van der Waals surface area contributed by atoms with E-state index >= 15 is 0 Å². The molecule has 19 heavy (non-hydrogen) atoms. The van der Waals surface area contributed by atoms with Crippen LogP contribution >= 0.6 is 0 Å². The van der Waals surface area contributed by atoms with Crippen LogP contribution < -0.4 is 5.32 Å². The maximum Gasteiger partial charge on any atom is 0.0472 e. The van der Waals surface area contributed by atoms with Crippen molar-refractivity contribution in [2.75, 3.05) is 26.2 Å². The highest BCUT2D eigenvalue weighted by Gasteiger charge is 2.21. The van der Waals surface area contributed by atoms with Crippen molar-refractivity contribution >= 4 is 0 Å². The zero-order chi connectivity index (χ0) is 13.9. The smallest absolute Gasteiger partial charge is 0.0472 e. The Morgan fingerprint density at radius 1 is 1.21 bits per heavy atom. The molecule has 0 bridgehead atoms. The molecule has 1 aromatic rings. The number of benzene rings is 1. The summed E-state index contributed by atoms with van der Waals surface area (Å²) in [7, 11) is 0. The van der Waals surface area contributed by atoms with Crippen molar-refractivity contribution in [3.63, 3.8) is 0 Å². The highest BCUT2D eigenvalue weighted by Crippen LogP contribution is 2.26. The van der Waals surface area contributed by atoms with E-state index in [4.69, 9.17) is 0 Å². The fourth-order valence-corrected chi connectivity index (χ4v) is 2.84. The molecule has 1 atom stereocenters. The molecule has 2 rings (SSSR count). The second kappa shape index (κ2) is 6.06. The molecule has 0 saturated carbocycles. The molecule has 0 aromatic heterocycles. The van der Waals surface area contributed by atoms with Crippen molar-refractivity contribution in [2.24, 2.45) is 0 Å². The minimum Gasteiger partial charge on any atom is -0.315 e. The molecule has 1 aliphatic rings.